The van der Waals surface area contributed by atoms with Crippen LogP contribution in [0.3, 0.4) is 0 Å². The minimum Gasteiger partial charge on any atom is -0.465 e. The van der Waals surface area contributed by atoms with Gasteiger partial charge in [0.1, 0.15) is 5.88 Å². The van der Waals surface area contributed by atoms with Gasteiger partial charge in [0, 0.05) is 0 Å². The molecule has 0 bridgehead atoms. The lowest BCUT2D eigenvalue weighted by Crippen LogP contribution is -2.88. The summed E-state index contributed by atoms with van der Waals surface area (Å²) in [6.45, 7) is 0. The van der Waals surface area contributed by atoms with Gasteiger partial charge in [0.25, 0.3) is 0 Å². The Kier molecular flexibility index (Phi) is 2.36. The highest BCUT2D eigenvalue weighted by Crippen LogP contribution is 2.02. The van der Waals surface area contributed by atoms with Crippen LogP contribution in [0.25, 0.3) is 0 Å². The van der Waals surface area contributed by atoms with Crippen molar-refractivity contribution in [3.8, 4) is 0 Å². The van der Waals surface area contributed by atoms with E-state index in [0.29, 0.717) is 0 Å². The average Bonchev–Trinajstić information content (AvgIpc) is 2.37. The van der Waals surface area contributed by atoms with Crippen molar-refractivity contribution in [2.24, 2.45) is 0 Å². The zero-order chi connectivity index (χ0) is 6.69. The summed E-state index contributed by atoms with van der Waals surface area (Å²) < 4.78 is 4.55. The molecule has 1 fully saturated rings. The van der Waals surface area contributed by atoms with Crippen molar-refractivity contribution >= 4 is 17.7 Å². The first-order valence-electron chi connectivity index (χ1n) is 2.83. The van der Waals surface area contributed by atoms with Crippen LogP contribution in [0.15, 0.2) is 0 Å². The van der Waals surface area contributed by atoms with Crippen molar-refractivity contribution in [2.45, 2.75) is 6.04 Å². The van der Waals surface area contributed by atoms with Crippen molar-refractivity contribution in [3.63, 3.8) is 0 Å². The molecule has 1 unspecified atom stereocenters. The fourth-order valence-corrected chi connectivity index (χ4v) is 1.79. The van der Waals surface area contributed by atoms with Gasteiger partial charge >= 0.3 is 5.97 Å². The number of hydrogen-bond acceptors (Lipinski definition) is 3. The zero-order valence-electron chi connectivity index (χ0n) is 5.29. The van der Waals surface area contributed by atoms with Crippen LogP contribution in [0.4, 0.5) is 0 Å². The first kappa shape index (κ1) is 6.89. The predicted molar refractivity (Wildman–Crippen MR) is 35.1 cm³/mol. The summed E-state index contributed by atoms with van der Waals surface area (Å²) in [5.41, 5.74) is 0. The summed E-state index contributed by atoms with van der Waals surface area (Å²) >= 11 is 1.77. The van der Waals surface area contributed by atoms with Crippen molar-refractivity contribution in [1.29, 1.82) is 0 Å². The van der Waals surface area contributed by atoms with Crippen LogP contribution in [0.2, 0.25) is 0 Å². The summed E-state index contributed by atoms with van der Waals surface area (Å²) in [5, 5.41) is 2.00. The molecule has 4 heteroatoms. The lowest BCUT2D eigenvalue weighted by atomic mass is 10.3. The SMILES string of the molecule is COC(=O)C1CSC[NH2+]1. The van der Waals surface area contributed by atoms with E-state index in [2.05, 4.69) is 4.74 Å². The maximum atomic E-state index is 10.7. The third-order valence-corrected chi connectivity index (χ3v) is 2.32. The average molecular weight is 148 g/mol. The summed E-state index contributed by atoms with van der Waals surface area (Å²) in [4.78, 5) is 10.7. The normalized spacial score (nSPS) is 26.1. The molecule has 52 valence electrons. The van der Waals surface area contributed by atoms with E-state index < -0.39 is 0 Å². The molecule has 0 spiro atoms. The molecule has 0 aromatic heterocycles. The highest BCUT2D eigenvalue weighted by atomic mass is 32.2. The largest absolute Gasteiger partial charge is 0.465 e. The van der Waals surface area contributed by atoms with E-state index in [1.54, 1.807) is 11.8 Å². The molecule has 1 aliphatic heterocycles. The Morgan fingerprint density at radius 1 is 1.89 bits per heavy atom. The van der Waals surface area contributed by atoms with Crippen molar-refractivity contribution in [3.05, 3.63) is 0 Å². The summed E-state index contributed by atoms with van der Waals surface area (Å²) in [7, 11) is 1.43. The van der Waals surface area contributed by atoms with Gasteiger partial charge in [0.05, 0.1) is 12.9 Å². The number of methoxy groups -OCH3 is 1. The Labute approximate surface area is 58.1 Å². The van der Waals surface area contributed by atoms with E-state index in [-0.39, 0.29) is 12.0 Å². The van der Waals surface area contributed by atoms with E-state index in [0.717, 1.165) is 11.6 Å². The van der Waals surface area contributed by atoms with Gasteiger partial charge in [-0.1, -0.05) is 11.8 Å². The first-order chi connectivity index (χ1) is 4.34. The standard InChI is InChI=1S/C5H9NO2S/c1-8-5(7)4-2-9-3-6-4/h4,6H,2-3H2,1H3/p+1. The second kappa shape index (κ2) is 3.08. The van der Waals surface area contributed by atoms with Gasteiger partial charge < -0.3 is 10.1 Å². The highest BCUT2D eigenvalue weighted by molar-refractivity contribution is 7.99. The molecule has 1 rings (SSSR count). The molecule has 1 saturated heterocycles. The zero-order valence-corrected chi connectivity index (χ0v) is 6.11. The number of esters is 1. The monoisotopic (exact) mass is 148 g/mol. The molecule has 2 N–H and O–H groups in total. The molecule has 0 aromatic rings. The molecule has 0 amide bonds. The molecule has 0 saturated carbocycles. The number of carbonyl (C=O) groups excluding carboxylic acids is 1. The molecule has 1 aliphatic rings. The topological polar surface area (TPSA) is 42.9 Å². The smallest absolute Gasteiger partial charge is 0.365 e. The van der Waals surface area contributed by atoms with Gasteiger partial charge in [-0.3, -0.25) is 0 Å². The Morgan fingerprint density at radius 3 is 3.11 bits per heavy atom. The van der Waals surface area contributed by atoms with Gasteiger partial charge in [-0.05, 0) is 0 Å². The van der Waals surface area contributed by atoms with Crippen LogP contribution in [-0.2, 0) is 9.53 Å². The number of thioether (sulfide) groups is 1. The fraction of sp³-hybridized carbons (Fsp3) is 0.800. The minimum atomic E-state index is -0.0972. The van der Waals surface area contributed by atoms with E-state index >= 15 is 0 Å². The Balaban J connectivity index is 2.32. The maximum Gasteiger partial charge on any atom is 0.365 e. The lowest BCUT2D eigenvalue weighted by molar-refractivity contribution is -0.649. The van der Waals surface area contributed by atoms with Gasteiger partial charge in [0.2, 0.25) is 0 Å². The third kappa shape index (κ3) is 1.59. The van der Waals surface area contributed by atoms with Gasteiger partial charge in [-0.25, -0.2) is 4.79 Å². The minimum absolute atomic E-state index is 0.0556. The highest BCUT2D eigenvalue weighted by Gasteiger charge is 2.26. The molecule has 1 heterocycles. The van der Waals surface area contributed by atoms with Crippen LogP contribution >= 0.6 is 11.8 Å². The Bertz CT molecular complexity index is 112. The second-order valence-electron chi connectivity index (χ2n) is 1.90. The van der Waals surface area contributed by atoms with E-state index in [1.165, 1.54) is 7.11 Å². The third-order valence-electron chi connectivity index (χ3n) is 1.30. The molecule has 1 atom stereocenters. The number of rotatable bonds is 1. The Hall–Kier alpha value is -0.220. The van der Waals surface area contributed by atoms with Gasteiger partial charge in [-0.2, -0.15) is 0 Å². The number of quaternary nitrogens is 1. The predicted octanol–water partition coefficient (Wildman–Crippen LogP) is -1.20. The number of nitrogens with two attached hydrogens (primary N) is 1. The molecule has 0 radical (unpaired) electrons. The van der Waals surface area contributed by atoms with Crippen molar-refractivity contribution in [1.82, 2.24) is 0 Å². The number of carbonyl (C=O) groups is 1. The maximum absolute atomic E-state index is 10.7. The van der Waals surface area contributed by atoms with E-state index in [9.17, 15) is 4.79 Å². The van der Waals surface area contributed by atoms with Crippen LogP contribution in [0.1, 0.15) is 0 Å². The summed E-state index contributed by atoms with van der Waals surface area (Å²) in [6.07, 6.45) is 0. The quantitative estimate of drug-likeness (QED) is 0.475. The molecular weight excluding hydrogens is 138 g/mol. The molecular formula is C5H10NO2S+. The van der Waals surface area contributed by atoms with Crippen molar-refractivity contribution < 1.29 is 14.8 Å². The Morgan fingerprint density at radius 2 is 2.67 bits per heavy atom. The van der Waals surface area contributed by atoms with E-state index in [4.69, 9.17) is 0 Å². The first-order valence-corrected chi connectivity index (χ1v) is 3.99. The molecule has 0 aromatic carbocycles. The second-order valence-corrected chi connectivity index (χ2v) is 2.98. The van der Waals surface area contributed by atoms with Crippen LogP contribution in [0.5, 0.6) is 0 Å². The van der Waals surface area contributed by atoms with Crippen LogP contribution in [-0.4, -0.2) is 30.8 Å². The molecule has 9 heavy (non-hydrogen) atoms. The van der Waals surface area contributed by atoms with Crippen LogP contribution < -0.4 is 5.32 Å². The van der Waals surface area contributed by atoms with Gasteiger partial charge in [0.15, 0.2) is 6.04 Å². The van der Waals surface area contributed by atoms with E-state index in [1.807, 2.05) is 5.32 Å². The van der Waals surface area contributed by atoms with Gasteiger partial charge in [-0.15, -0.1) is 0 Å². The number of hydrogen-bond donors (Lipinski definition) is 1. The summed E-state index contributed by atoms with van der Waals surface area (Å²) in [6, 6.07) is 0.0556. The fourth-order valence-electron chi connectivity index (χ4n) is 0.763. The molecule has 3 nitrogen and oxygen atoms in total. The number of ether oxygens (including phenoxy) is 1. The lowest BCUT2D eigenvalue weighted by Gasteiger charge is -2.00. The van der Waals surface area contributed by atoms with Crippen molar-refractivity contribution in [2.75, 3.05) is 18.7 Å². The molecule has 0 aliphatic carbocycles. The summed E-state index contributed by atoms with van der Waals surface area (Å²) in [5.74, 6) is 1.78. The van der Waals surface area contributed by atoms with Crippen LogP contribution in [0, 0.1) is 0 Å².